The van der Waals surface area contributed by atoms with Crippen LogP contribution in [0.5, 0.6) is 0 Å². The van der Waals surface area contributed by atoms with E-state index in [1.165, 1.54) is 22.7 Å². The Morgan fingerprint density at radius 1 is 1.00 bits per heavy atom. The highest BCUT2D eigenvalue weighted by Crippen LogP contribution is 2.32. The van der Waals surface area contributed by atoms with Gasteiger partial charge in [0.1, 0.15) is 5.01 Å². The van der Waals surface area contributed by atoms with Gasteiger partial charge in [0.05, 0.1) is 10.2 Å². The Bertz CT molecular complexity index is 1200. The number of thiazole rings is 1. The fourth-order valence-corrected chi connectivity index (χ4v) is 4.87. The second-order valence-electron chi connectivity index (χ2n) is 5.53. The van der Waals surface area contributed by atoms with Crippen LogP contribution in [0.1, 0.15) is 10.6 Å². The van der Waals surface area contributed by atoms with Crippen molar-refractivity contribution in [3.63, 3.8) is 0 Å². The number of amides is 1. The molecule has 132 valence electrons. The van der Waals surface area contributed by atoms with Gasteiger partial charge in [-0.3, -0.25) is 10.1 Å². The number of nitrogens with one attached hydrogen (secondary N) is 1. The predicted octanol–water partition coefficient (Wildman–Crippen LogP) is 5.39. The second-order valence-corrected chi connectivity index (χ2v) is 8.32. The first-order valence-corrected chi connectivity index (χ1v) is 10.5. The molecule has 1 N–H and O–H groups in total. The smallest absolute Gasteiger partial charge is 0.293 e. The maximum Gasteiger partial charge on any atom is 0.293 e. The molecule has 5 aromatic rings. The number of fused-ring (bicyclic) bond motifs is 1. The van der Waals surface area contributed by atoms with Crippen LogP contribution in [0, 0.1) is 0 Å². The largest absolute Gasteiger partial charge is 0.448 e. The topological polar surface area (TPSA) is 80.9 Å². The summed E-state index contributed by atoms with van der Waals surface area (Å²) in [6, 6.07) is 13.2. The molecule has 1 aromatic carbocycles. The van der Waals surface area contributed by atoms with Crippen molar-refractivity contribution in [2.45, 2.75) is 0 Å². The molecule has 0 saturated carbocycles. The van der Waals surface area contributed by atoms with Crippen LogP contribution in [0.2, 0.25) is 0 Å². The molecular weight excluding hydrogens is 400 g/mol. The van der Waals surface area contributed by atoms with E-state index in [2.05, 4.69) is 20.5 Å². The first-order valence-electron chi connectivity index (χ1n) is 7.89. The van der Waals surface area contributed by atoms with Crippen molar-refractivity contribution in [2.75, 3.05) is 5.32 Å². The third-order valence-corrected chi connectivity index (χ3v) is 6.37. The van der Waals surface area contributed by atoms with Gasteiger partial charge in [0.2, 0.25) is 5.13 Å². The minimum atomic E-state index is -0.365. The van der Waals surface area contributed by atoms with Crippen LogP contribution in [0.25, 0.3) is 31.6 Å². The molecule has 0 fully saturated rings. The summed E-state index contributed by atoms with van der Waals surface area (Å²) in [4.78, 5) is 17.0. The van der Waals surface area contributed by atoms with E-state index in [9.17, 15) is 4.79 Å². The summed E-state index contributed by atoms with van der Waals surface area (Å²) in [7, 11) is 0. The van der Waals surface area contributed by atoms with Gasteiger partial charge in [0, 0.05) is 10.9 Å². The lowest BCUT2D eigenvalue weighted by atomic mass is 10.3. The number of anilines is 1. The zero-order valence-electron chi connectivity index (χ0n) is 13.6. The fraction of sp³-hybridized carbons (Fsp3) is 0. The molecule has 0 unspecified atom stereocenters. The van der Waals surface area contributed by atoms with Crippen molar-refractivity contribution >= 4 is 55.3 Å². The molecule has 6 nitrogen and oxygen atoms in total. The molecule has 0 aliphatic heterocycles. The quantitative estimate of drug-likeness (QED) is 0.430. The Morgan fingerprint density at radius 3 is 2.78 bits per heavy atom. The first-order chi connectivity index (χ1) is 13.3. The van der Waals surface area contributed by atoms with Crippen molar-refractivity contribution in [1.29, 1.82) is 0 Å². The molecule has 0 spiro atoms. The Kier molecular flexibility index (Phi) is 4.04. The summed E-state index contributed by atoms with van der Waals surface area (Å²) in [5, 5.41) is 16.8. The minimum absolute atomic E-state index is 0.205. The summed E-state index contributed by atoms with van der Waals surface area (Å²) in [5.74, 6) is 0.407. The third kappa shape index (κ3) is 3.16. The summed E-state index contributed by atoms with van der Waals surface area (Å²) >= 11 is 4.43. The van der Waals surface area contributed by atoms with Crippen molar-refractivity contribution in [2.24, 2.45) is 0 Å². The van der Waals surface area contributed by atoms with Gasteiger partial charge in [0.25, 0.3) is 5.91 Å². The number of rotatable bonds is 4. The van der Waals surface area contributed by atoms with Crippen LogP contribution in [-0.4, -0.2) is 21.1 Å². The van der Waals surface area contributed by atoms with Crippen LogP contribution in [0.3, 0.4) is 0 Å². The second kappa shape index (κ2) is 6.69. The van der Waals surface area contributed by atoms with E-state index in [-0.39, 0.29) is 11.7 Å². The van der Waals surface area contributed by atoms with E-state index >= 15 is 0 Å². The number of aromatic nitrogens is 3. The monoisotopic (exact) mass is 410 g/mol. The number of carbonyl (C=O) groups excluding carboxylic acids is 1. The van der Waals surface area contributed by atoms with E-state index in [1.54, 1.807) is 23.5 Å². The number of nitrogens with zero attached hydrogens (tertiary/aromatic N) is 3. The summed E-state index contributed by atoms with van der Waals surface area (Å²) in [5.41, 5.74) is 1.91. The summed E-state index contributed by atoms with van der Waals surface area (Å²) in [6.07, 6.45) is 0. The molecule has 0 bridgehead atoms. The number of furan rings is 1. The van der Waals surface area contributed by atoms with Crippen molar-refractivity contribution in [3.05, 3.63) is 59.0 Å². The van der Waals surface area contributed by atoms with Gasteiger partial charge in [-0.1, -0.05) is 23.5 Å². The molecule has 5 rings (SSSR count). The highest BCUT2D eigenvalue weighted by atomic mass is 32.1. The van der Waals surface area contributed by atoms with Gasteiger partial charge < -0.3 is 4.42 Å². The van der Waals surface area contributed by atoms with Crippen molar-refractivity contribution in [1.82, 2.24) is 15.2 Å². The van der Waals surface area contributed by atoms with Gasteiger partial charge in [-0.05, 0) is 35.7 Å². The molecule has 0 radical (unpaired) electrons. The molecule has 27 heavy (non-hydrogen) atoms. The maximum atomic E-state index is 12.4. The van der Waals surface area contributed by atoms with Gasteiger partial charge in [-0.25, -0.2) is 4.98 Å². The lowest BCUT2D eigenvalue weighted by Crippen LogP contribution is -2.10. The molecule has 0 atom stereocenters. The normalized spacial score (nSPS) is 11.1. The van der Waals surface area contributed by atoms with Gasteiger partial charge in [-0.15, -0.1) is 21.5 Å². The Balaban J connectivity index is 1.35. The Labute approximate surface area is 165 Å². The summed E-state index contributed by atoms with van der Waals surface area (Å²) in [6.45, 7) is 0. The molecular formula is C18H10N4O2S3. The number of thiophene rings is 1. The highest BCUT2D eigenvalue weighted by Gasteiger charge is 2.17. The van der Waals surface area contributed by atoms with E-state index in [1.807, 2.05) is 41.1 Å². The zero-order chi connectivity index (χ0) is 18.2. The lowest BCUT2D eigenvalue weighted by Gasteiger charge is -1.96. The zero-order valence-corrected chi connectivity index (χ0v) is 16.0. The SMILES string of the molecule is O=C(Nc1nnc(-c2ccsc2)s1)c1ccc(-c2nc3ccccc3s2)o1. The average Bonchev–Trinajstić information content (AvgIpc) is 3.47. The van der Waals surface area contributed by atoms with Gasteiger partial charge in [-0.2, -0.15) is 11.3 Å². The van der Waals surface area contributed by atoms with Crippen LogP contribution in [0.15, 0.2) is 57.6 Å². The fourth-order valence-electron chi connectivity index (χ4n) is 2.49. The number of hydrogen-bond donors (Lipinski definition) is 1. The number of para-hydroxylation sites is 1. The highest BCUT2D eigenvalue weighted by molar-refractivity contribution is 7.21. The molecule has 0 aliphatic rings. The molecule has 4 heterocycles. The number of carbonyl (C=O) groups is 1. The van der Waals surface area contributed by atoms with Gasteiger partial charge in [0.15, 0.2) is 16.5 Å². The van der Waals surface area contributed by atoms with E-state index in [4.69, 9.17) is 4.42 Å². The molecule has 9 heteroatoms. The Hall–Kier alpha value is -2.88. The molecule has 0 aliphatic carbocycles. The third-order valence-electron chi connectivity index (χ3n) is 3.75. The van der Waals surface area contributed by atoms with Crippen LogP contribution in [-0.2, 0) is 0 Å². The minimum Gasteiger partial charge on any atom is -0.448 e. The van der Waals surface area contributed by atoms with E-state index in [0.717, 1.165) is 25.8 Å². The Morgan fingerprint density at radius 2 is 1.93 bits per heavy atom. The lowest BCUT2D eigenvalue weighted by molar-refractivity contribution is 0.0997. The predicted molar refractivity (Wildman–Crippen MR) is 108 cm³/mol. The van der Waals surface area contributed by atoms with Crippen molar-refractivity contribution in [3.8, 4) is 21.3 Å². The van der Waals surface area contributed by atoms with E-state index in [0.29, 0.717) is 10.9 Å². The molecule has 4 aromatic heterocycles. The maximum absolute atomic E-state index is 12.4. The van der Waals surface area contributed by atoms with Crippen LogP contribution < -0.4 is 5.32 Å². The average molecular weight is 411 g/mol. The van der Waals surface area contributed by atoms with E-state index < -0.39 is 0 Å². The van der Waals surface area contributed by atoms with Gasteiger partial charge >= 0.3 is 0 Å². The summed E-state index contributed by atoms with van der Waals surface area (Å²) < 4.78 is 6.78. The first kappa shape index (κ1) is 16.3. The van der Waals surface area contributed by atoms with Crippen LogP contribution in [0.4, 0.5) is 5.13 Å². The molecule has 1 amide bonds. The van der Waals surface area contributed by atoms with Crippen LogP contribution >= 0.6 is 34.0 Å². The number of hydrogen-bond acceptors (Lipinski definition) is 8. The standard InChI is InChI=1S/C18H10N4O2S3/c23-15(20-18-22-21-16(27-18)10-7-8-25-9-10)12-5-6-13(24-12)17-19-11-3-1-2-4-14(11)26-17/h1-9H,(H,20,22,23). The number of benzene rings is 1. The molecule has 0 saturated heterocycles. The van der Waals surface area contributed by atoms with Crippen molar-refractivity contribution < 1.29 is 9.21 Å².